The molecule has 0 fully saturated rings. The number of rotatable bonds is 6. The Balaban J connectivity index is 2.53. The molecule has 20 heavy (non-hydrogen) atoms. The van der Waals surface area contributed by atoms with Gasteiger partial charge in [-0.15, -0.1) is 5.10 Å². The number of anilines is 1. The molecule has 0 saturated carbocycles. The number of nitrogens with one attached hydrogen (secondary N) is 1. The zero-order chi connectivity index (χ0) is 14.5. The van der Waals surface area contributed by atoms with Crippen molar-refractivity contribution >= 4 is 5.82 Å². The molecule has 108 valence electrons. The van der Waals surface area contributed by atoms with Crippen molar-refractivity contribution < 1.29 is 0 Å². The van der Waals surface area contributed by atoms with Crippen LogP contribution in [-0.2, 0) is 13.0 Å². The lowest BCUT2D eigenvalue weighted by molar-refractivity contribution is 0.583. The lowest BCUT2D eigenvalue weighted by Gasteiger charge is -2.12. The average Bonchev–Trinajstić information content (AvgIpc) is 2.89. The Hall–Kier alpha value is -1.98. The summed E-state index contributed by atoms with van der Waals surface area (Å²) in [6.45, 7) is 7.13. The van der Waals surface area contributed by atoms with Gasteiger partial charge in [0.15, 0.2) is 0 Å². The largest absolute Gasteiger partial charge is 0.373 e. The lowest BCUT2D eigenvalue weighted by Crippen LogP contribution is -2.08. The summed E-state index contributed by atoms with van der Waals surface area (Å²) in [5, 5.41) is 11.3. The highest BCUT2D eigenvalue weighted by Crippen LogP contribution is 2.25. The molecule has 0 radical (unpaired) electrons. The average molecular weight is 274 g/mol. The Kier molecular flexibility index (Phi) is 4.65. The van der Waals surface area contributed by atoms with E-state index in [0.717, 1.165) is 54.4 Å². The van der Waals surface area contributed by atoms with Gasteiger partial charge in [-0.05, 0) is 19.8 Å². The number of aromatic nitrogens is 5. The molecule has 0 aromatic carbocycles. The van der Waals surface area contributed by atoms with Gasteiger partial charge in [-0.25, -0.2) is 14.6 Å². The first-order valence-electron chi connectivity index (χ1n) is 7.15. The van der Waals surface area contributed by atoms with Crippen LogP contribution in [0, 0.1) is 6.92 Å². The van der Waals surface area contributed by atoms with E-state index in [1.165, 1.54) is 0 Å². The Morgan fingerprint density at radius 3 is 2.65 bits per heavy atom. The third-order valence-electron chi connectivity index (χ3n) is 3.20. The molecule has 0 bridgehead atoms. The molecule has 2 aromatic heterocycles. The molecular formula is C14H22N6. The Morgan fingerprint density at radius 1 is 1.20 bits per heavy atom. The Labute approximate surface area is 119 Å². The molecule has 0 aliphatic heterocycles. The summed E-state index contributed by atoms with van der Waals surface area (Å²) in [6, 6.07) is 0. The monoisotopic (exact) mass is 274 g/mol. The predicted octanol–water partition coefficient (Wildman–Crippen LogP) is 2.45. The van der Waals surface area contributed by atoms with Crippen molar-refractivity contribution in [3.63, 3.8) is 0 Å². The summed E-state index contributed by atoms with van der Waals surface area (Å²) in [5.41, 5.74) is 2.92. The number of aryl methyl sites for hydroxylation is 2. The van der Waals surface area contributed by atoms with Gasteiger partial charge < -0.3 is 5.32 Å². The molecule has 2 rings (SSSR count). The van der Waals surface area contributed by atoms with Crippen LogP contribution in [-0.4, -0.2) is 32.0 Å². The van der Waals surface area contributed by atoms with Crippen LogP contribution in [0.4, 0.5) is 5.82 Å². The molecule has 6 heteroatoms. The lowest BCUT2D eigenvalue weighted by atomic mass is 10.1. The molecule has 0 aliphatic carbocycles. The Bertz CT molecular complexity index is 575. The first-order valence-corrected chi connectivity index (χ1v) is 7.15. The second kappa shape index (κ2) is 6.45. The minimum Gasteiger partial charge on any atom is -0.373 e. The fourth-order valence-corrected chi connectivity index (χ4v) is 2.21. The number of hydrogen-bond acceptors (Lipinski definition) is 5. The molecule has 2 heterocycles. The van der Waals surface area contributed by atoms with Gasteiger partial charge in [0.2, 0.25) is 0 Å². The number of hydrogen-bond donors (Lipinski definition) is 1. The van der Waals surface area contributed by atoms with E-state index in [4.69, 9.17) is 4.98 Å². The van der Waals surface area contributed by atoms with Crippen molar-refractivity contribution in [3.8, 4) is 11.4 Å². The normalized spacial score (nSPS) is 10.8. The quantitative estimate of drug-likeness (QED) is 0.876. The minimum absolute atomic E-state index is 0.844. The van der Waals surface area contributed by atoms with Gasteiger partial charge in [-0.3, -0.25) is 0 Å². The van der Waals surface area contributed by atoms with Crippen LogP contribution in [0.15, 0.2) is 6.20 Å². The standard InChI is InChI=1S/C14H22N6/c1-5-7-12-17-13(10(3)14(15-4)18-12)11-9-16-19-20(11)8-6-2/h9H,5-8H2,1-4H3,(H,15,17,18). The van der Waals surface area contributed by atoms with Crippen molar-refractivity contribution in [1.82, 2.24) is 25.0 Å². The van der Waals surface area contributed by atoms with E-state index in [2.05, 4.69) is 34.5 Å². The molecule has 0 unspecified atom stereocenters. The first kappa shape index (κ1) is 14.4. The fraction of sp³-hybridized carbons (Fsp3) is 0.571. The summed E-state index contributed by atoms with van der Waals surface area (Å²) in [4.78, 5) is 9.26. The van der Waals surface area contributed by atoms with E-state index < -0.39 is 0 Å². The molecule has 6 nitrogen and oxygen atoms in total. The van der Waals surface area contributed by atoms with Crippen LogP contribution >= 0.6 is 0 Å². The van der Waals surface area contributed by atoms with Gasteiger partial charge in [-0.2, -0.15) is 0 Å². The van der Waals surface area contributed by atoms with Crippen LogP contribution < -0.4 is 5.32 Å². The van der Waals surface area contributed by atoms with E-state index in [9.17, 15) is 0 Å². The summed E-state index contributed by atoms with van der Waals surface area (Å²) in [7, 11) is 1.89. The molecule has 0 atom stereocenters. The number of nitrogens with zero attached hydrogens (tertiary/aromatic N) is 5. The third-order valence-corrected chi connectivity index (χ3v) is 3.20. The second-order valence-corrected chi connectivity index (χ2v) is 4.80. The van der Waals surface area contributed by atoms with Crippen LogP contribution in [0.5, 0.6) is 0 Å². The second-order valence-electron chi connectivity index (χ2n) is 4.80. The Morgan fingerprint density at radius 2 is 2.00 bits per heavy atom. The topological polar surface area (TPSA) is 68.5 Å². The molecule has 1 N–H and O–H groups in total. The van der Waals surface area contributed by atoms with Gasteiger partial charge in [0.1, 0.15) is 17.3 Å². The van der Waals surface area contributed by atoms with E-state index >= 15 is 0 Å². The van der Waals surface area contributed by atoms with Gasteiger partial charge >= 0.3 is 0 Å². The minimum atomic E-state index is 0.844. The van der Waals surface area contributed by atoms with Crippen LogP contribution in [0.1, 0.15) is 38.1 Å². The fourth-order valence-electron chi connectivity index (χ4n) is 2.21. The maximum Gasteiger partial charge on any atom is 0.133 e. The SMILES string of the molecule is CCCc1nc(NC)c(C)c(-c2cnnn2CCC)n1. The van der Waals surface area contributed by atoms with Crippen molar-refractivity contribution in [2.45, 2.75) is 46.6 Å². The van der Waals surface area contributed by atoms with Crippen molar-refractivity contribution in [1.29, 1.82) is 0 Å². The molecule has 0 saturated heterocycles. The van der Waals surface area contributed by atoms with Crippen molar-refractivity contribution in [3.05, 3.63) is 17.6 Å². The van der Waals surface area contributed by atoms with E-state index in [1.807, 2.05) is 18.7 Å². The zero-order valence-electron chi connectivity index (χ0n) is 12.6. The van der Waals surface area contributed by atoms with Crippen LogP contribution in [0.2, 0.25) is 0 Å². The summed E-state index contributed by atoms with van der Waals surface area (Å²) < 4.78 is 1.91. The highest BCUT2D eigenvalue weighted by molar-refractivity contribution is 5.64. The maximum absolute atomic E-state index is 4.70. The molecule has 0 amide bonds. The molecule has 0 aliphatic rings. The molecule has 0 spiro atoms. The smallest absolute Gasteiger partial charge is 0.133 e. The maximum atomic E-state index is 4.70. The molecular weight excluding hydrogens is 252 g/mol. The van der Waals surface area contributed by atoms with Crippen molar-refractivity contribution in [2.75, 3.05) is 12.4 Å². The highest BCUT2D eigenvalue weighted by Gasteiger charge is 2.15. The van der Waals surface area contributed by atoms with Gasteiger partial charge in [-0.1, -0.05) is 19.1 Å². The third kappa shape index (κ3) is 2.79. The van der Waals surface area contributed by atoms with Crippen LogP contribution in [0.25, 0.3) is 11.4 Å². The highest BCUT2D eigenvalue weighted by atomic mass is 15.4. The molecule has 2 aromatic rings. The summed E-state index contributed by atoms with van der Waals surface area (Å²) in [5.74, 6) is 1.74. The van der Waals surface area contributed by atoms with E-state index in [1.54, 1.807) is 6.20 Å². The predicted molar refractivity (Wildman–Crippen MR) is 79.6 cm³/mol. The first-order chi connectivity index (χ1) is 9.71. The van der Waals surface area contributed by atoms with E-state index in [0.29, 0.717) is 0 Å². The van der Waals surface area contributed by atoms with Crippen LogP contribution in [0.3, 0.4) is 0 Å². The summed E-state index contributed by atoms with van der Waals surface area (Å²) >= 11 is 0. The zero-order valence-corrected chi connectivity index (χ0v) is 12.6. The van der Waals surface area contributed by atoms with Gasteiger partial charge in [0, 0.05) is 25.6 Å². The van der Waals surface area contributed by atoms with Gasteiger partial charge in [0.25, 0.3) is 0 Å². The summed E-state index contributed by atoms with van der Waals surface area (Å²) in [6.07, 6.45) is 4.69. The van der Waals surface area contributed by atoms with Gasteiger partial charge in [0.05, 0.1) is 11.9 Å². The van der Waals surface area contributed by atoms with E-state index in [-0.39, 0.29) is 0 Å². The van der Waals surface area contributed by atoms with Crippen molar-refractivity contribution in [2.24, 2.45) is 0 Å².